The Labute approximate surface area is 257 Å². The van der Waals surface area contributed by atoms with Crippen molar-refractivity contribution in [2.75, 3.05) is 32.1 Å². The topological polar surface area (TPSA) is 105 Å². The minimum absolute atomic E-state index is 0.0438. The number of hydrogen-bond donors (Lipinski definition) is 1. The quantitative estimate of drug-likeness (QED) is 0.287. The number of methoxy groups -OCH3 is 2. The van der Waals surface area contributed by atoms with Crippen molar-refractivity contribution in [3.05, 3.63) is 81.3 Å². The highest BCUT2D eigenvalue weighted by Crippen LogP contribution is 2.33. The number of ether oxygens (including phenoxy) is 2. The number of halogens is 2. The molecule has 0 aromatic heterocycles. The molecule has 3 aromatic carbocycles. The number of aryl methyl sites for hydroxylation is 2. The molecule has 2 amide bonds. The van der Waals surface area contributed by atoms with E-state index in [0.29, 0.717) is 27.0 Å². The standard InChI is InChI=1S/C30H35Cl2N3O6S/c1-7-26(30(37)33-4)34(17-21-8-9-22(31)15-25(21)32)29(36)18-35(23-13-19(2)12-20(3)14-23)42(38,39)24-10-11-27(40-5)28(16-24)41-6/h8-16,26H,7,17-18H2,1-6H3,(H,33,37)/t26-/m0/s1. The molecule has 1 atom stereocenters. The third-order valence-corrected chi connectivity index (χ3v) is 9.06. The van der Waals surface area contributed by atoms with E-state index in [-0.39, 0.29) is 23.6 Å². The maximum Gasteiger partial charge on any atom is 0.264 e. The number of carbonyl (C=O) groups excluding carboxylic acids is 2. The van der Waals surface area contributed by atoms with Gasteiger partial charge in [-0.25, -0.2) is 8.42 Å². The van der Waals surface area contributed by atoms with Gasteiger partial charge in [0.2, 0.25) is 11.8 Å². The maximum atomic E-state index is 14.2. The second kappa shape index (κ2) is 14.1. The summed E-state index contributed by atoms with van der Waals surface area (Å²) in [5.74, 6) is -0.417. The summed E-state index contributed by atoms with van der Waals surface area (Å²) in [4.78, 5) is 28.3. The van der Waals surface area contributed by atoms with Crippen LogP contribution in [0.3, 0.4) is 0 Å². The molecule has 0 bridgehead atoms. The van der Waals surface area contributed by atoms with Crippen LogP contribution in [0.25, 0.3) is 0 Å². The van der Waals surface area contributed by atoms with Gasteiger partial charge in [0.25, 0.3) is 10.0 Å². The lowest BCUT2D eigenvalue weighted by molar-refractivity contribution is -0.140. The van der Waals surface area contributed by atoms with E-state index in [1.54, 1.807) is 37.3 Å². The number of benzene rings is 3. The number of hydrogen-bond acceptors (Lipinski definition) is 6. The van der Waals surface area contributed by atoms with Crippen LogP contribution in [0.15, 0.2) is 59.5 Å². The Hall–Kier alpha value is -3.47. The molecule has 3 rings (SSSR count). The molecule has 12 heteroatoms. The van der Waals surface area contributed by atoms with Gasteiger partial charge in [-0.15, -0.1) is 0 Å². The van der Waals surface area contributed by atoms with Crippen molar-refractivity contribution < 1.29 is 27.5 Å². The Morgan fingerprint density at radius 1 is 0.929 bits per heavy atom. The molecule has 0 saturated heterocycles. The summed E-state index contributed by atoms with van der Waals surface area (Å²) in [7, 11) is 0.0207. The van der Waals surface area contributed by atoms with Crippen molar-refractivity contribution >= 4 is 50.7 Å². The lowest BCUT2D eigenvalue weighted by Gasteiger charge is -2.33. The molecule has 1 N–H and O–H groups in total. The zero-order valence-electron chi connectivity index (χ0n) is 24.4. The molecule has 0 aliphatic rings. The first-order valence-corrected chi connectivity index (χ1v) is 15.3. The van der Waals surface area contributed by atoms with Gasteiger partial charge in [-0.05, 0) is 73.4 Å². The average molecular weight is 637 g/mol. The van der Waals surface area contributed by atoms with Gasteiger partial charge in [-0.3, -0.25) is 13.9 Å². The first-order chi connectivity index (χ1) is 19.9. The summed E-state index contributed by atoms with van der Waals surface area (Å²) in [5.41, 5.74) is 2.48. The number of sulfonamides is 1. The second-order valence-corrected chi connectivity index (χ2v) is 12.4. The fraction of sp³-hybridized carbons (Fsp3) is 0.333. The van der Waals surface area contributed by atoms with Crippen LogP contribution >= 0.6 is 23.2 Å². The molecule has 226 valence electrons. The van der Waals surface area contributed by atoms with E-state index in [0.717, 1.165) is 15.4 Å². The van der Waals surface area contributed by atoms with Crippen molar-refractivity contribution in [3.63, 3.8) is 0 Å². The Balaban J connectivity index is 2.15. The number of nitrogens with one attached hydrogen (secondary N) is 1. The fourth-order valence-electron chi connectivity index (χ4n) is 4.65. The van der Waals surface area contributed by atoms with E-state index in [4.69, 9.17) is 32.7 Å². The van der Waals surface area contributed by atoms with Crippen LogP contribution < -0.4 is 19.1 Å². The van der Waals surface area contributed by atoms with E-state index in [9.17, 15) is 18.0 Å². The number of anilines is 1. The van der Waals surface area contributed by atoms with Crippen LogP contribution in [0.1, 0.15) is 30.0 Å². The summed E-state index contributed by atoms with van der Waals surface area (Å²) >= 11 is 12.5. The first-order valence-electron chi connectivity index (χ1n) is 13.1. The van der Waals surface area contributed by atoms with Gasteiger partial charge < -0.3 is 19.7 Å². The third kappa shape index (κ3) is 7.48. The molecular formula is C30H35Cl2N3O6S. The van der Waals surface area contributed by atoms with Gasteiger partial charge >= 0.3 is 0 Å². The summed E-state index contributed by atoms with van der Waals surface area (Å²) in [6.07, 6.45) is 0.280. The van der Waals surface area contributed by atoms with Gasteiger partial charge in [0, 0.05) is 29.7 Å². The number of nitrogens with zero attached hydrogens (tertiary/aromatic N) is 2. The van der Waals surface area contributed by atoms with Gasteiger partial charge in [0.1, 0.15) is 12.6 Å². The van der Waals surface area contributed by atoms with Crippen molar-refractivity contribution in [2.24, 2.45) is 0 Å². The van der Waals surface area contributed by atoms with Gasteiger partial charge in [0.15, 0.2) is 11.5 Å². The second-order valence-electron chi connectivity index (χ2n) is 9.67. The van der Waals surface area contributed by atoms with E-state index in [1.807, 2.05) is 19.9 Å². The van der Waals surface area contributed by atoms with Crippen LogP contribution in [0.2, 0.25) is 10.0 Å². The average Bonchev–Trinajstić information content (AvgIpc) is 2.95. The summed E-state index contributed by atoms with van der Waals surface area (Å²) in [6, 6.07) is 13.5. The smallest absolute Gasteiger partial charge is 0.264 e. The molecule has 0 heterocycles. The summed E-state index contributed by atoms with van der Waals surface area (Å²) in [6.45, 7) is 4.82. The van der Waals surface area contributed by atoms with Crippen LogP contribution in [0, 0.1) is 13.8 Å². The zero-order valence-corrected chi connectivity index (χ0v) is 26.7. The van der Waals surface area contributed by atoms with E-state index in [1.165, 1.54) is 44.4 Å². The SMILES string of the molecule is CC[C@@H](C(=O)NC)N(Cc1ccc(Cl)cc1Cl)C(=O)CN(c1cc(C)cc(C)c1)S(=O)(=O)c1ccc(OC)c(OC)c1. The van der Waals surface area contributed by atoms with E-state index in [2.05, 4.69) is 5.32 Å². The fourth-order valence-corrected chi connectivity index (χ4v) is 6.53. The number of carbonyl (C=O) groups is 2. The number of rotatable bonds is 12. The zero-order chi connectivity index (χ0) is 31.2. The predicted molar refractivity (Wildman–Crippen MR) is 165 cm³/mol. The van der Waals surface area contributed by atoms with Crippen LogP contribution in [-0.4, -0.2) is 59.0 Å². The monoisotopic (exact) mass is 635 g/mol. The molecular weight excluding hydrogens is 601 g/mol. The first kappa shape index (κ1) is 33.0. The van der Waals surface area contributed by atoms with Crippen LogP contribution in [-0.2, 0) is 26.2 Å². The molecule has 0 unspecified atom stereocenters. The minimum Gasteiger partial charge on any atom is -0.493 e. The Kier molecular flexibility index (Phi) is 11.1. The largest absolute Gasteiger partial charge is 0.493 e. The number of amides is 2. The van der Waals surface area contributed by atoms with Gasteiger partial charge in [0.05, 0.1) is 24.8 Å². The van der Waals surface area contributed by atoms with Crippen molar-refractivity contribution in [1.29, 1.82) is 0 Å². The van der Waals surface area contributed by atoms with Crippen LogP contribution in [0.5, 0.6) is 11.5 Å². The Bertz CT molecular complexity index is 1540. The Morgan fingerprint density at radius 3 is 2.12 bits per heavy atom. The molecule has 0 spiro atoms. The molecule has 0 radical (unpaired) electrons. The highest BCUT2D eigenvalue weighted by molar-refractivity contribution is 7.92. The summed E-state index contributed by atoms with van der Waals surface area (Å²) in [5, 5.41) is 3.33. The normalized spacial score (nSPS) is 11.9. The van der Waals surface area contributed by atoms with Crippen LogP contribution in [0.4, 0.5) is 5.69 Å². The van der Waals surface area contributed by atoms with Gasteiger partial charge in [-0.2, -0.15) is 0 Å². The maximum absolute atomic E-state index is 14.2. The van der Waals surface area contributed by atoms with Gasteiger partial charge in [-0.1, -0.05) is 42.3 Å². The minimum atomic E-state index is -4.31. The summed E-state index contributed by atoms with van der Waals surface area (Å²) < 4.78 is 40.1. The molecule has 0 aliphatic heterocycles. The highest BCUT2D eigenvalue weighted by Gasteiger charge is 2.34. The highest BCUT2D eigenvalue weighted by atomic mass is 35.5. The molecule has 0 aliphatic carbocycles. The Morgan fingerprint density at radius 2 is 1.57 bits per heavy atom. The van der Waals surface area contributed by atoms with Crippen molar-refractivity contribution in [2.45, 2.75) is 44.7 Å². The lowest BCUT2D eigenvalue weighted by atomic mass is 10.1. The molecule has 42 heavy (non-hydrogen) atoms. The predicted octanol–water partition coefficient (Wildman–Crippen LogP) is 5.38. The van der Waals surface area contributed by atoms with Crippen molar-refractivity contribution in [1.82, 2.24) is 10.2 Å². The third-order valence-electron chi connectivity index (χ3n) is 6.70. The molecule has 9 nitrogen and oxygen atoms in total. The van der Waals surface area contributed by atoms with E-state index < -0.39 is 34.4 Å². The number of likely N-dealkylation sites (N-methyl/N-ethyl adjacent to an activating group) is 1. The molecule has 0 fully saturated rings. The molecule has 0 saturated carbocycles. The van der Waals surface area contributed by atoms with Crippen molar-refractivity contribution in [3.8, 4) is 11.5 Å². The molecule has 3 aromatic rings. The van der Waals surface area contributed by atoms with E-state index >= 15 is 0 Å². The lowest BCUT2D eigenvalue weighted by Crippen LogP contribution is -2.51.